The molecule has 2 aromatic rings. The van der Waals surface area contributed by atoms with E-state index in [0.29, 0.717) is 6.54 Å². The van der Waals surface area contributed by atoms with Gasteiger partial charge in [-0.1, -0.05) is 6.07 Å². The van der Waals surface area contributed by atoms with Gasteiger partial charge >= 0.3 is 5.97 Å². The van der Waals surface area contributed by atoms with Crippen molar-refractivity contribution >= 4 is 29.3 Å². The molecule has 1 amide bonds. The molecule has 0 aliphatic rings. The number of hydrogen-bond donors (Lipinski definition) is 1. The molecule has 2 aromatic heterocycles. The summed E-state index contributed by atoms with van der Waals surface area (Å²) in [5.41, 5.74) is 2.68. The molecule has 0 unspecified atom stereocenters. The van der Waals surface area contributed by atoms with E-state index in [1.54, 1.807) is 22.1 Å². The Kier molecular flexibility index (Phi) is 6.31. The number of hydrogen-bond acceptors (Lipinski definition) is 5. The summed E-state index contributed by atoms with van der Waals surface area (Å²) >= 11 is 1.65. The third-order valence-electron chi connectivity index (χ3n) is 3.57. The summed E-state index contributed by atoms with van der Waals surface area (Å²) in [6.07, 6.45) is 3.75. The van der Waals surface area contributed by atoms with Crippen LogP contribution in [0, 0.1) is 13.8 Å². The molecule has 0 aliphatic carbocycles. The van der Waals surface area contributed by atoms with Crippen molar-refractivity contribution in [3.8, 4) is 0 Å². The van der Waals surface area contributed by atoms with Crippen LogP contribution in [0.15, 0.2) is 23.6 Å². The van der Waals surface area contributed by atoms with Crippen molar-refractivity contribution in [1.29, 1.82) is 0 Å². The highest BCUT2D eigenvalue weighted by atomic mass is 32.1. The lowest BCUT2D eigenvalue weighted by molar-refractivity contribution is -0.143. The summed E-state index contributed by atoms with van der Waals surface area (Å²) in [4.78, 5) is 24.5. The highest BCUT2D eigenvalue weighted by molar-refractivity contribution is 7.09. The van der Waals surface area contributed by atoms with Gasteiger partial charge < -0.3 is 10.1 Å². The van der Waals surface area contributed by atoms with Crippen molar-refractivity contribution < 1.29 is 14.3 Å². The Morgan fingerprint density at radius 1 is 1.42 bits per heavy atom. The van der Waals surface area contributed by atoms with E-state index in [-0.39, 0.29) is 12.5 Å². The monoisotopic (exact) mass is 347 g/mol. The SMILES string of the molecule is Cc1nn(C)c(C)c1/C=C/C(=O)OCC(=O)NCCc1cccs1. The van der Waals surface area contributed by atoms with Gasteiger partial charge in [-0.2, -0.15) is 5.10 Å². The van der Waals surface area contributed by atoms with Crippen LogP contribution >= 0.6 is 11.3 Å². The molecule has 7 heteroatoms. The van der Waals surface area contributed by atoms with Crippen molar-refractivity contribution in [1.82, 2.24) is 15.1 Å². The van der Waals surface area contributed by atoms with E-state index in [1.807, 2.05) is 38.4 Å². The topological polar surface area (TPSA) is 73.2 Å². The number of aromatic nitrogens is 2. The predicted molar refractivity (Wildman–Crippen MR) is 93.7 cm³/mol. The number of nitrogens with one attached hydrogen (secondary N) is 1. The van der Waals surface area contributed by atoms with Gasteiger partial charge in [0.15, 0.2) is 6.61 Å². The molecule has 0 spiro atoms. The number of aryl methyl sites for hydroxylation is 2. The largest absolute Gasteiger partial charge is 0.452 e. The van der Waals surface area contributed by atoms with Crippen LogP contribution in [-0.4, -0.2) is 34.8 Å². The van der Waals surface area contributed by atoms with Gasteiger partial charge in [-0.15, -0.1) is 11.3 Å². The molecule has 1 N–H and O–H groups in total. The Morgan fingerprint density at radius 3 is 2.83 bits per heavy atom. The van der Waals surface area contributed by atoms with E-state index in [4.69, 9.17) is 4.74 Å². The molecule has 128 valence electrons. The van der Waals surface area contributed by atoms with Crippen molar-refractivity contribution in [2.24, 2.45) is 7.05 Å². The lowest BCUT2D eigenvalue weighted by Gasteiger charge is -2.04. The van der Waals surface area contributed by atoms with Gasteiger partial charge in [-0.05, 0) is 37.8 Å². The zero-order valence-corrected chi connectivity index (χ0v) is 14.9. The molecular formula is C17H21N3O3S. The third kappa shape index (κ3) is 5.06. The molecule has 0 radical (unpaired) electrons. The summed E-state index contributed by atoms with van der Waals surface area (Å²) in [6, 6.07) is 3.99. The first-order valence-electron chi connectivity index (χ1n) is 7.61. The number of rotatable bonds is 7. The molecule has 0 saturated heterocycles. The fourth-order valence-electron chi connectivity index (χ4n) is 2.20. The second kappa shape index (κ2) is 8.44. The van der Waals surface area contributed by atoms with Gasteiger partial charge in [0.1, 0.15) is 0 Å². The number of ether oxygens (including phenoxy) is 1. The van der Waals surface area contributed by atoms with Crippen LogP contribution in [0.2, 0.25) is 0 Å². The molecule has 0 aromatic carbocycles. The minimum Gasteiger partial charge on any atom is -0.452 e. The number of amides is 1. The molecule has 6 nitrogen and oxygen atoms in total. The smallest absolute Gasteiger partial charge is 0.331 e. The van der Waals surface area contributed by atoms with Gasteiger partial charge in [-0.25, -0.2) is 4.79 Å². The number of thiophene rings is 1. The Bertz CT molecular complexity index is 733. The van der Waals surface area contributed by atoms with E-state index in [1.165, 1.54) is 11.0 Å². The molecular weight excluding hydrogens is 326 g/mol. The molecule has 0 fully saturated rings. The first-order valence-corrected chi connectivity index (χ1v) is 8.49. The van der Waals surface area contributed by atoms with Gasteiger partial charge in [-0.3, -0.25) is 9.48 Å². The predicted octanol–water partition coefficient (Wildman–Crippen LogP) is 2.01. The number of carbonyl (C=O) groups is 2. The molecule has 24 heavy (non-hydrogen) atoms. The lowest BCUT2D eigenvalue weighted by atomic mass is 10.2. The Morgan fingerprint density at radius 2 is 2.21 bits per heavy atom. The van der Waals surface area contributed by atoms with Crippen LogP contribution in [-0.2, 0) is 27.8 Å². The minimum absolute atomic E-state index is 0.279. The quantitative estimate of drug-likeness (QED) is 0.614. The lowest BCUT2D eigenvalue weighted by Crippen LogP contribution is -2.30. The second-order valence-electron chi connectivity index (χ2n) is 5.33. The molecule has 0 aliphatic heterocycles. The Labute approximate surface area is 145 Å². The van der Waals surface area contributed by atoms with Crippen LogP contribution in [0.1, 0.15) is 21.8 Å². The van der Waals surface area contributed by atoms with Gasteiger partial charge in [0.2, 0.25) is 0 Å². The molecule has 2 rings (SSSR count). The Hall–Kier alpha value is -2.41. The maximum atomic E-state index is 11.7. The normalized spacial score (nSPS) is 11.0. The third-order valence-corrected chi connectivity index (χ3v) is 4.51. The van der Waals surface area contributed by atoms with E-state index in [0.717, 1.165) is 23.4 Å². The highest BCUT2D eigenvalue weighted by Crippen LogP contribution is 2.13. The average Bonchev–Trinajstić information content (AvgIpc) is 3.13. The van der Waals surface area contributed by atoms with Gasteiger partial charge in [0, 0.05) is 35.8 Å². The molecule has 0 atom stereocenters. The van der Waals surface area contributed by atoms with E-state index < -0.39 is 5.97 Å². The number of esters is 1. The molecule has 0 saturated carbocycles. The van der Waals surface area contributed by atoms with Crippen LogP contribution < -0.4 is 5.32 Å². The maximum absolute atomic E-state index is 11.7. The minimum atomic E-state index is -0.550. The standard InChI is InChI=1S/C17H21N3O3S/c1-12-15(13(2)20(3)19-12)6-7-17(22)23-11-16(21)18-9-8-14-5-4-10-24-14/h4-7,10H,8-9,11H2,1-3H3,(H,18,21)/b7-6+. The summed E-state index contributed by atoms with van der Waals surface area (Å²) in [6.45, 7) is 4.05. The fourth-order valence-corrected chi connectivity index (χ4v) is 2.91. The average molecular weight is 347 g/mol. The van der Waals surface area contributed by atoms with Crippen molar-refractivity contribution in [2.75, 3.05) is 13.2 Å². The van der Waals surface area contributed by atoms with Crippen molar-refractivity contribution in [3.63, 3.8) is 0 Å². The highest BCUT2D eigenvalue weighted by Gasteiger charge is 2.08. The fraction of sp³-hybridized carbons (Fsp3) is 0.353. The summed E-state index contributed by atoms with van der Waals surface area (Å²) < 4.78 is 6.69. The zero-order valence-electron chi connectivity index (χ0n) is 14.0. The molecule has 0 bridgehead atoms. The van der Waals surface area contributed by atoms with E-state index in [2.05, 4.69) is 10.4 Å². The maximum Gasteiger partial charge on any atom is 0.331 e. The van der Waals surface area contributed by atoms with Crippen LogP contribution in [0.4, 0.5) is 0 Å². The molecule has 2 heterocycles. The summed E-state index contributed by atoms with van der Waals surface area (Å²) in [5, 5.41) is 8.99. The second-order valence-corrected chi connectivity index (χ2v) is 6.36. The van der Waals surface area contributed by atoms with Gasteiger partial charge in [0.05, 0.1) is 5.69 Å². The summed E-state index contributed by atoms with van der Waals surface area (Å²) in [5.74, 6) is -0.854. The van der Waals surface area contributed by atoms with E-state index in [9.17, 15) is 9.59 Å². The number of nitrogens with zero attached hydrogens (tertiary/aromatic N) is 2. The van der Waals surface area contributed by atoms with Crippen LogP contribution in [0.3, 0.4) is 0 Å². The first kappa shape index (κ1) is 17.9. The van der Waals surface area contributed by atoms with Gasteiger partial charge in [0.25, 0.3) is 5.91 Å². The Balaban J connectivity index is 1.72. The van der Waals surface area contributed by atoms with E-state index >= 15 is 0 Å². The zero-order chi connectivity index (χ0) is 17.5. The van der Waals surface area contributed by atoms with Crippen molar-refractivity contribution in [2.45, 2.75) is 20.3 Å². The summed E-state index contributed by atoms with van der Waals surface area (Å²) in [7, 11) is 1.85. The van der Waals surface area contributed by atoms with Crippen LogP contribution in [0.5, 0.6) is 0 Å². The first-order chi connectivity index (χ1) is 11.5. The van der Waals surface area contributed by atoms with Crippen molar-refractivity contribution in [3.05, 3.63) is 45.4 Å². The number of carbonyl (C=O) groups excluding carboxylic acids is 2. The van der Waals surface area contributed by atoms with Crippen LogP contribution in [0.25, 0.3) is 6.08 Å².